The molecule has 28 heavy (non-hydrogen) atoms. The first kappa shape index (κ1) is 19.9. The maximum atomic E-state index is 12.6. The Morgan fingerprint density at radius 1 is 1.29 bits per heavy atom. The average Bonchev–Trinajstić information content (AvgIpc) is 2.68. The van der Waals surface area contributed by atoms with Gasteiger partial charge < -0.3 is 15.0 Å². The zero-order valence-corrected chi connectivity index (χ0v) is 16.5. The normalized spacial score (nSPS) is 14.6. The maximum absolute atomic E-state index is 12.6. The van der Waals surface area contributed by atoms with Gasteiger partial charge in [0.25, 0.3) is 5.69 Å². The molecular weight excluding hydrogens is 382 g/mol. The minimum absolute atomic E-state index is 0.0164. The molecule has 0 spiro atoms. The lowest BCUT2D eigenvalue weighted by atomic mass is 9.95. The Balaban J connectivity index is 1.66. The van der Waals surface area contributed by atoms with Gasteiger partial charge >= 0.3 is 0 Å². The fraction of sp³-hybridized carbons (Fsp3) is 0.350. The molecule has 1 aliphatic heterocycles. The monoisotopic (exact) mass is 403 g/mol. The SMILES string of the molecule is COc1ccccc1NC(=O)C1CCN(c2c(C)cc([N+](=O)[O-])cc2Cl)CC1. The number of nitro benzene ring substituents is 1. The predicted molar refractivity (Wildman–Crippen MR) is 109 cm³/mol. The minimum Gasteiger partial charge on any atom is -0.495 e. The van der Waals surface area contributed by atoms with Gasteiger partial charge in [0, 0.05) is 31.1 Å². The number of halogens is 1. The third kappa shape index (κ3) is 4.20. The summed E-state index contributed by atoms with van der Waals surface area (Å²) in [5, 5.41) is 14.3. The Morgan fingerprint density at radius 2 is 1.96 bits per heavy atom. The van der Waals surface area contributed by atoms with Gasteiger partial charge in [0.15, 0.2) is 0 Å². The lowest BCUT2D eigenvalue weighted by molar-refractivity contribution is -0.384. The number of non-ortho nitro benzene ring substituents is 1. The number of nitrogens with one attached hydrogen (secondary N) is 1. The van der Waals surface area contributed by atoms with E-state index in [0.29, 0.717) is 42.4 Å². The number of rotatable bonds is 5. The Morgan fingerprint density at radius 3 is 2.57 bits per heavy atom. The molecule has 3 rings (SSSR count). The van der Waals surface area contributed by atoms with Crippen molar-refractivity contribution >= 4 is 34.6 Å². The first-order chi connectivity index (χ1) is 13.4. The number of amides is 1. The van der Waals surface area contributed by atoms with E-state index in [1.807, 2.05) is 25.1 Å². The third-order valence-corrected chi connectivity index (χ3v) is 5.28. The van der Waals surface area contributed by atoms with E-state index in [4.69, 9.17) is 16.3 Å². The molecule has 1 fully saturated rings. The number of methoxy groups -OCH3 is 1. The maximum Gasteiger partial charge on any atom is 0.271 e. The van der Waals surface area contributed by atoms with Crippen LogP contribution in [0.5, 0.6) is 5.75 Å². The van der Waals surface area contributed by atoms with E-state index < -0.39 is 4.92 Å². The fourth-order valence-electron chi connectivity index (χ4n) is 3.57. The van der Waals surface area contributed by atoms with Gasteiger partial charge in [-0.2, -0.15) is 0 Å². The van der Waals surface area contributed by atoms with E-state index in [-0.39, 0.29) is 17.5 Å². The highest BCUT2D eigenvalue weighted by Gasteiger charge is 2.28. The first-order valence-corrected chi connectivity index (χ1v) is 9.42. The number of carbonyl (C=O) groups is 1. The molecule has 0 atom stereocenters. The van der Waals surface area contributed by atoms with Gasteiger partial charge in [-0.1, -0.05) is 23.7 Å². The van der Waals surface area contributed by atoms with Crippen LogP contribution in [0.25, 0.3) is 0 Å². The van der Waals surface area contributed by atoms with Crippen LogP contribution < -0.4 is 15.0 Å². The summed E-state index contributed by atoms with van der Waals surface area (Å²) in [6.45, 7) is 3.12. The average molecular weight is 404 g/mol. The van der Waals surface area contributed by atoms with Crippen LogP contribution in [0, 0.1) is 23.0 Å². The highest BCUT2D eigenvalue weighted by Crippen LogP contribution is 2.36. The van der Waals surface area contributed by atoms with Crippen molar-refractivity contribution in [2.24, 2.45) is 5.92 Å². The number of nitrogens with zero attached hydrogens (tertiary/aromatic N) is 2. The fourth-order valence-corrected chi connectivity index (χ4v) is 3.95. The molecule has 0 radical (unpaired) electrons. The molecule has 0 unspecified atom stereocenters. The molecule has 2 aromatic carbocycles. The molecule has 1 N–H and O–H groups in total. The number of aryl methyl sites for hydroxylation is 1. The van der Waals surface area contributed by atoms with Crippen LogP contribution in [0.15, 0.2) is 36.4 Å². The molecule has 0 aliphatic carbocycles. The van der Waals surface area contributed by atoms with E-state index >= 15 is 0 Å². The molecule has 1 amide bonds. The van der Waals surface area contributed by atoms with Crippen LogP contribution in [-0.4, -0.2) is 31.0 Å². The highest BCUT2D eigenvalue weighted by atomic mass is 35.5. The van der Waals surface area contributed by atoms with Gasteiger partial charge in [0.1, 0.15) is 5.75 Å². The molecule has 0 bridgehead atoms. The van der Waals surface area contributed by atoms with Crippen LogP contribution in [0.2, 0.25) is 5.02 Å². The van der Waals surface area contributed by atoms with E-state index in [1.54, 1.807) is 13.2 Å². The molecule has 1 heterocycles. The largest absolute Gasteiger partial charge is 0.495 e. The number of nitro groups is 1. The van der Waals surface area contributed by atoms with E-state index in [9.17, 15) is 14.9 Å². The zero-order valence-electron chi connectivity index (χ0n) is 15.8. The molecule has 0 saturated carbocycles. The van der Waals surface area contributed by atoms with Crippen LogP contribution >= 0.6 is 11.6 Å². The molecule has 1 aliphatic rings. The second kappa shape index (κ2) is 8.48. The van der Waals surface area contributed by atoms with Crippen molar-refractivity contribution in [3.05, 3.63) is 57.1 Å². The molecular formula is C20H22ClN3O4. The number of para-hydroxylation sites is 2. The lowest BCUT2D eigenvalue weighted by Gasteiger charge is -2.34. The number of carbonyl (C=O) groups excluding carboxylic acids is 1. The van der Waals surface area contributed by atoms with Gasteiger partial charge in [-0.25, -0.2) is 0 Å². The summed E-state index contributed by atoms with van der Waals surface area (Å²) in [5.41, 5.74) is 2.20. The molecule has 148 valence electrons. The first-order valence-electron chi connectivity index (χ1n) is 9.04. The minimum atomic E-state index is -0.447. The molecule has 0 aromatic heterocycles. The summed E-state index contributed by atoms with van der Waals surface area (Å²) >= 11 is 6.31. The van der Waals surface area contributed by atoms with Crippen molar-refractivity contribution in [3.63, 3.8) is 0 Å². The number of hydrogen-bond donors (Lipinski definition) is 1. The van der Waals surface area contributed by atoms with Crippen molar-refractivity contribution < 1.29 is 14.5 Å². The summed E-state index contributed by atoms with van der Waals surface area (Å²) < 4.78 is 5.28. The summed E-state index contributed by atoms with van der Waals surface area (Å²) in [5.74, 6) is 0.482. The topological polar surface area (TPSA) is 84.7 Å². The van der Waals surface area contributed by atoms with Crippen molar-refractivity contribution in [1.82, 2.24) is 0 Å². The molecule has 7 nitrogen and oxygen atoms in total. The van der Waals surface area contributed by atoms with E-state index in [1.165, 1.54) is 12.1 Å². The Bertz CT molecular complexity index is 872. The van der Waals surface area contributed by atoms with Crippen LogP contribution in [0.1, 0.15) is 18.4 Å². The van der Waals surface area contributed by atoms with Crippen molar-refractivity contribution in [2.45, 2.75) is 19.8 Å². The van der Waals surface area contributed by atoms with E-state index in [2.05, 4.69) is 10.2 Å². The number of anilines is 2. The molecule has 8 heteroatoms. The number of piperidine rings is 1. The Hall–Kier alpha value is -2.80. The van der Waals surface area contributed by atoms with E-state index in [0.717, 1.165) is 11.3 Å². The highest BCUT2D eigenvalue weighted by molar-refractivity contribution is 6.33. The van der Waals surface area contributed by atoms with Crippen LogP contribution in [-0.2, 0) is 4.79 Å². The Kier molecular flexibility index (Phi) is 6.04. The summed E-state index contributed by atoms with van der Waals surface area (Å²) in [7, 11) is 1.57. The number of ether oxygens (including phenoxy) is 1. The standard InChI is InChI=1S/C20H22ClN3O4/c1-13-11-15(24(26)27)12-16(21)19(13)23-9-7-14(8-10-23)20(25)22-17-5-3-4-6-18(17)28-2/h3-6,11-12,14H,7-10H2,1-2H3,(H,22,25). The number of hydrogen-bond acceptors (Lipinski definition) is 5. The van der Waals surface area contributed by atoms with Gasteiger partial charge in [-0.15, -0.1) is 0 Å². The second-order valence-corrected chi connectivity index (χ2v) is 7.21. The summed E-state index contributed by atoms with van der Waals surface area (Å²) in [4.78, 5) is 25.3. The zero-order chi connectivity index (χ0) is 20.3. The predicted octanol–water partition coefficient (Wildman–Crippen LogP) is 4.42. The van der Waals surface area contributed by atoms with Crippen molar-refractivity contribution in [3.8, 4) is 5.75 Å². The molecule has 2 aromatic rings. The van der Waals surface area contributed by atoms with Gasteiger partial charge in [-0.05, 0) is 37.5 Å². The second-order valence-electron chi connectivity index (χ2n) is 6.80. The lowest BCUT2D eigenvalue weighted by Crippen LogP contribution is -2.38. The van der Waals surface area contributed by atoms with Gasteiger partial charge in [-0.3, -0.25) is 14.9 Å². The van der Waals surface area contributed by atoms with Crippen molar-refractivity contribution in [2.75, 3.05) is 30.4 Å². The molecule has 1 saturated heterocycles. The summed E-state index contributed by atoms with van der Waals surface area (Å²) in [6, 6.07) is 10.2. The Labute approximate surface area is 168 Å². The quantitative estimate of drug-likeness (QED) is 0.590. The summed E-state index contributed by atoms with van der Waals surface area (Å²) in [6.07, 6.45) is 1.35. The smallest absolute Gasteiger partial charge is 0.271 e. The number of benzene rings is 2. The van der Waals surface area contributed by atoms with Gasteiger partial charge in [0.2, 0.25) is 5.91 Å². The van der Waals surface area contributed by atoms with Crippen molar-refractivity contribution in [1.29, 1.82) is 0 Å². The van der Waals surface area contributed by atoms with Crippen LogP contribution in [0.3, 0.4) is 0 Å². The van der Waals surface area contributed by atoms with Crippen LogP contribution in [0.4, 0.5) is 17.1 Å². The van der Waals surface area contributed by atoms with Gasteiger partial charge in [0.05, 0.1) is 28.4 Å². The third-order valence-electron chi connectivity index (χ3n) is 5.00.